The first-order chi connectivity index (χ1) is 11.3. The number of hydrogen-bond donors (Lipinski definition) is 2. The highest BCUT2D eigenvalue weighted by Gasteiger charge is 2.22. The number of nitrogens with zero attached hydrogens (tertiary/aromatic N) is 4. The standard InChI is InChI=1S/C16H22N6O.HI/c1-3-22-11-20-21-15(22)10-19-16(17-2)18-9-13-8-12-6-4-5-7-14(12)23-13;/h4-7,11,13H,3,8-10H2,1-2H3,(H2,17,18,19);1H. The minimum absolute atomic E-state index is 0. The predicted molar refractivity (Wildman–Crippen MR) is 104 cm³/mol. The van der Waals surface area contributed by atoms with E-state index < -0.39 is 0 Å². The zero-order chi connectivity index (χ0) is 16.1. The lowest BCUT2D eigenvalue weighted by Crippen LogP contribution is -2.42. The second kappa shape index (κ2) is 8.86. The predicted octanol–water partition coefficient (Wildman–Crippen LogP) is 1.58. The molecule has 2 heterocycles. The maximum Gasteiger partial charge on any atom is 0.191 e. The summed E-state index contributed by atoms with van der Waals surface area (Å²) < 4.78 is 7.91. The fourth-order valence-electron chi connectivity index (χ4n) is 2.64. The molecule has 1 aliphatic heterocycles. The molecule has 1 unspecified atom stereocenters. The molecule has 0 amide bonds. The van der Waals surface area contributed by atoms with Gasteiger partial charge in [0.2, 0.25) is 0 Å². The lowest BCUT2D eigenvalue weighted by Gasteiger charge is -2.15. The highest BCUT2D eigenvalue weighted by molar-refractivity contribution is 14.0. The summed E-state index contributed by atoms with van der Waals surface area (Å²) in [7, 11) is 1.75. The van der Waals surface area contributed by atoms with Crippen LogP contribution in [0.4, 0.5) is 0 Å². The van der Waals surface area contributed by atoms with Crippen molar-refractivity contribution in [3.05, 3.63) is 42.0 Å². The molecule has 1 aromatic heterocycles. The Bertz CT molecular complexity index is 662. The topological polar surface area (TPSA) is 76.4 Å². The van der Waals surface area contributed by atoms with Crippen molar-refractivity contribution in [2.75, 3.05) is 13.6 Å². The summed E-state index contributed by atoms with van der Waals surface area (Å²) in [6.07, 6.45) is 2.78. The molecule has 8 heteroatoms. The van der Waals surface area contributed by atoms with Crippen LogP contribution < -0.4 is 15.4 Å². The van der Waals surface area contributed by atoms with Crippen LogP contribution >= 0.6 is 24.0 Å². The average Bonchev–Trinajstić information content (AvgIpc) is 3.20. The third kappa shape index (κ3) is 4.37. The third-order valence-corrected chi connectivity index (χ3v) is 3.88. The lowest BCUT2D eigenvalue weighted by atomic mass is 10.1. The second-order valence-corrected chi connectivity index (χ2v) is 5.39. The first kappa shape index (κ1) is 18.5. The van der Waals surface area contributed by atoms with Gasteiger partial charge >= 0.3 is 0 Å². The number of halogens is 1. The largest absolute Gasteiger partial charge is 0.488 e. The number of fused-ring (bicyclic) bond motifs is 1. The van der Waals surface area contributed by atoms with Crippen molar-refractivity contribution < 1.29 is 4.74 Å². The molecule has 0 saturated carbocycles. The Balaban J connectivity index is 0.00000208. The van der Waals surface area contributed by atoms with Gasteiger partial charge in [-0.3, -0.25) is 4.99 Å². The molecule has 0 fully saturated rings. The highest BCUT2D eigenvalue weighted by Crippen LogP contribution is 2.27. The summed E-state index contributed by atoms with van der Waals surface area (Å²) in [6, 6.07) is 8.17. The van der Waals surface area contributed by atoms with Crippen molar-refractivity contribution in [3.8, 4) is 5.75 Å². The van der Waals surface area contributed by atoms with Gasteiger partial charge in [-0.1, -0.05) is 18.2 Å². The molecule has 0 spiro atoms. The minimum atomic E-state index is 0. The van der Waals surface area contributed by atoms with Crippen LogP contribution in [0.25, 0.3) is 0 Å². The van der Waals surface area contributed by atoms with Gasteiger partial charge in [0.25, 0.3) is 0 Å². The van der Waals surface area contributed by atoms with E-state index in [-0.39, 0.29) is 30.1 Å². The van der Waals surface area contributed by atoms with Crippen LogP contribution in [0.3, 0.4) is 0 Å². The Morgan fingerprint density at radius 3 is 2.96 bits per heavy atom. The molecule has 2 N–H and O–H groups in total. The van der Waals surface area contributed by atoms with E-state index in [4.69, 9.17) is 4.74 Å². The van der Waals surface area contributed by atoms with Gasteiger partial charge in [0.05, 0.1) is 13.1 Å². The molecule has 24 heavy (non-hydrogen) atoms. The van der Waals surface area contributed by atoms with Crippen molar-refractivity contribution in [2.24, 2.45) is 4.99 Å². The van der Waals surface area contributed by atoms with E-state index in [2.05, 4.69) is 38.8 Å². The fourth-order valence-corrected chi connectivity index (χ4v) is 2.64. The van der Waals surface area contributed by atoms with Gasteiger partial charge in [0.15, 0.2) is 11.8 Å². The summed E-state index contributed by atoms with van der Waals surface area (Å²) in [5.41, 5.74) is 1.26. The highest BCUT2D eigenvalue weighted by atomic mass is 127. The van der Waals surface area contributed by atoms with Crippen LogP contribution in [0, 0.1) is 0 Å². The number of hydrogen-bond acceptors (Lipinski definition) is 4. The van der Waals surface area contributed by atoms with E-state index in [9.17, 15) is 0 Å². The molecule has 0 saturated heterocycles. The molecule has 130 valence electrons. The number of aliphatic imine (C=N–C) groups is 1. The Morgan fingerprint density at radius 2 is 2.21 bits per heavy atom. The molecule has 0 bridgehead atoms. The fraction of sp³-hybridized carbons (Fsp3) is 0.438. The van der Waals surface area contributed by atoms with Crippen LogP contribution in [0.15, 0.2) is 35.6 Å². The molecule has 1 atom stereocenters. The summed E-state index contributed by atoms with van der Waals surface area (Å²) in [5.74, 6) is 2.61. The van der Waals surface area contributed by atoms with Crippen molar-refractivity contribution in [3.63, 3.8) is 0 Å². The van der Waals surface area contributed by atoms with Gasteiger partial charge in [-0.2, -0.15) is 0 Å². The van der Waals surface area contributed by atoms with Crippen molar-refractivity contribution in [2.45, 2.75) is 32.5 Å². The molecule has 3 rings (SSSR count). The van der Waals surface area contributed by atoms with Gasteiger partial charge in [-0.25, -0.2) is 0 Å². The second-order valence-electron chi connectivity index (χ2n) is 5.39. The molecule has 7 nitrogen and oxygen atoms in total. The Morgan fingerprint density at radius 1 is 1.38 bits per heavy atom. The molecular formula is C16H23IN6O. The van der Waals surface area contributed by atoms with Gasteiger partial charge in [0, 0.05) is 20.0 Å². The number of aromatic nitrogens is 3. The van der Waals surface area contributed by atoms with E-state index in [1.807, 2.05) is 22.8 Å². The van der Waals surface area contributed by atoms with Gasteiger partial charge in [-0.05, 0) is 18.6 Å². The van der Waals surface area contributed by atoms with Crippen LogP contribution in [0.5, 0.6) is 5.75 Å². The van der Waals surface area contributed by atoms with Crippen LogP contribution in [-0.4, -0.2) is 40.4 Å². The summed E-state index contributed by atoms with van der Waals surface area (Å²) in [4.78, 5) is 4.23. The summed E-state index contributed by atoms with van der Waals surface area (Å²) in [6.45, 7) is 4.20. The third-order valence-electron chi connectivity index (χ3n) is 3.88. The quantitative estimate of drug-likeness (QED) is 0.418. The van der Waals surface area contributed by atoms with Crippen LogP contribution in [-0.2, 0) is 19.5 Å². The SMILES string of the molecule is CCn1cnnc1CNC(=NC)NCC1Cc2ccccc2O1.I. The number of ether oxygens (including phenoxy) is 1. The van der Waals surface area contributed by atoms with E-state index >= 15 is 0 Å². The number of aryl methyl sites for hydroxylation is 1. The van der Waals surface area contributed by atoms with E-state index in [0.717, 1.165) is 30.5 Å². The van der Waals surface area contributed by atoms with Crippen molar-refractivity contribution >= 4 is 29.9 Å². The van der Waals surface area contributed by atoms with Crippen molar-refractivity contribution in [1.82, 2.24) is 25.4 Å². The molecular weight excluding hydrogens is 419 g/mol. The zero-order valence-electron chi connectivity index (χ0n) is 13.9. The Labute approximate surface area is 158 Å². The average molecular weight is 442 g/mol. The monoisotopic (exact) mass is 442 g/mol. The van der Waals surface area contributed by atoms with Crippen LogP contribution in [0.1, 0.15) is 18.3 Å². The first-order valence-corrected chi connectivity index (χ1v) is 7.86. The number of benzene rings is 1. The number of nitrogens with one attached hydrogen (secondary N) is 2. The maximum absolute atomic E-state index is 5.92. The molecule has 2 aromatic rings. The van der Waals surface area contributed by atoms with E-state index in [0.29, 0.717) is 13.1 Å². The lowest BCUT2D eigenvalue weighted by molar-refractivity contribution is 0.235. The normalized spacial score (nSPS) is 16.1. The molecule has 1 aromatic carbocycles. The minimum Gasteiger partial charge on any atom is -0.488 e. The van der Waals surface area contributed by atoms with Gasteiger partial charge < -0.3 is 19.9 Å². The van der Waals surface area contributed by atoms with Gasteiger partial charge in [0.1, 0.15) is 18.2 Å². The van der Waals surface area contributed by atoms with E-state index in [1.165, 1.54) is 5.56 Å². The molecule has 0 radical (unpaired) electrons. The summed E-state index contributed by atoms with van der Waals surface area (Å²) >= 11 is 0. The molecule has 1 aliphatic rings. The maximum atomic E-state index is 5.92. The smallest absolute Gasteiger partial charge is 0.191 e. The summed E-state index contributed by atoms with van der Waals surface area (Å²) in [5, 5.41) is 14.6. The van der Waals surface area contributed by atoms with E-state index in [1.54, 1.807) is 13.4 Å². The Hall–Kier alpha value is -1.84. The number of rotatable bonds is 5. The zero-order valence-corrected chi connectivity index (χ0v) is 16.2. The van der Waals surface area contributed by atoms with Gasteiger partial charge in [-0.15, -0.1) is 34.2 Å². The Kier molecular flexibility index (Phi) is 6.83. The molecule has 0 aliphatic carbocycles. The number of guanidine groups is 1. The van der Waals surface area contributed by atoms with Crippen molar-refractivity contribution in [1.29, 1.82) is 0 Å². The first-order valence-electron chi connectivity index (χ1n) is 7.86. The van der Waals surface area contributed by atoms with Crippen LogP contribution in [0.2, 0.25) is 0 Å². The number of para-hydroxylation sites is 1.